The number of aliphatic hydroxyl groups excluding tert-OH is 3. The van der Waals surface area contributed by atoms with E-state index in [4.69, 9.17) is 9.47 Å². The summed E-state index contributed by atoms with van der Waals surface area (Å²) >= 11 is 0. The Kier molecular flexibility index (Phi) is 18.4. The fraction of sp³-hybridized carbons (Fsp3) is 0.667. The summed E-state index contributed by atoms with van der Waals surface area (Å²) in [6.45, 7) is 16.9. The number of nitrogens with one attached hydrogen (secondary N) is 1. The van der Waals surface area contributed by atoms with Crippen LogP contribution in [0, 0.1) is 0 Å². The van der Waals surface area contributed by atoms with Crippen molar-refractivity contribution in [2.75, 3.05) is 19.0 Å². The minimum atomic E-state index is -1.19. The summed E-state index contributed by atoms with van der Waals surface area (Å²) in [6.07, 6.45) is 7.75. The number of aliphatic hydroxyl groups is 3. The van der Waals surface area contributed by atoms with E-state index in [9.17, 15) is 15.3 Å². The number of ether oxygens (including phenoxy) is 2. The van der Waals surface area contributed by atoms with Crippen LogP contribution in [0.5, 0.6) is 0 Å². The molecule has 0 bridgehead atoms. The molecule has 10 nitrogen and oxygen atoms in total. The van der Waals surface area contributed by atoms with E-state index in [1.165, 1.54) is 12.7 Å². The van der Waals surface area contributed by atoms with E-state index in [0.717, 1.165) is 19.3 Å². The predicted octanol–water partition coefficient (Wildman–Crippen LogP) is 4.24. The molecule has 2 aromatic rings. The van der Waals surface area contributed by atoms with Gasteiger partial charge in [0.2, 0.25) is 0 Å². The summed E-state index contributed by atoms with van der Waals surface area (Å²) in [5.41, 5.74) is 1.02. The van der Waals surface area contributed by atoms with E-state index < -0.39 is 24.5 Å². The van der Waals surface area contributed by atoms with Crippen molar-refractivity contribution in [1.29, 1.82) is 0 Å². The molecule has 0 spiro atoms. The molecule has 212 valence electrons. The third-order valence-corrected chi connectivity index (χ3v) is 5.56. The van der Waals surface area contributed by atoms with Gasteiger partial charge < -0.3 is 30.1 Å². The number of imidazole rings is 1. The fourth-order valence-electron chi connectivity index (χ4n) is 3.80. The number of rotatable bonds is 5. The Morgan fingerprint density at radius 1 is 1.08 bits per heavy atom. The van der Waals surface area contributed by atoms with Gasteiger partial charge >= 0.3 is 0 Å². The van der Waals surface area contributed by atoms with Gasteiger partial charge in [-0.05, 0) is 40.0 Å². The molecule has 1 aliphatic carbocycles. The molecule has 2 aromatic heterocycles. The van der Waals surface area contributed by atoms with E-state index in [1.807, 2.05) is 60.6 Å². The van der Waals surface area contributed by atoms with Crippen molar-refractivity contribution in [3.8, 4) is 0 Å². The van der Waals surface area contributed by atoms with Gasteiger partial charge in [-0.3, -0.25) is 4.57 Å². The zero-order valence-corrected chi connectivity index (χ0v) is 23.8. The van der Waals surface area contributed by atoms with Crippen LogP contribution in [0.4, 0.5) is 5.82 Å². The molecule has 1 aliphatic heterocycles. The summed E-state index contributed by atoms with van der Waals surface area (Å²) < 4.78 is 12.6. The Labute approximate surface area is 222 Å². The minimum Gasteiger partial charge on any atom is -0.394 e. The Morgan fingerprint density at radius 3 is 2.22 bits per heavy atom. The van der Waals surface area contributed by atoms with Crippen LogP contribution >= 0.6 is 0 Å². The SMILES string of the molecule is C/C=C/C.C=CC.CC.CC.CO[C@@H]1CCC[C@H]1Nc1ncnc2c1ncn2[C@@H]1O[C@H](CO)[C@@H](O)[C@H]1O. The van der Waals surface area contributed by atoms with Crippen LogP contribution in [-0.2, 0) is 9.47 Å². The average molecular weight is 524 g/mol. The van der Waals surface area contributed by atoms with Crippen LogP contribution in [0.1, 0.15) is 74.0 Å². The first-order valence-corrected chi connectivity index (χ1v) is 13.2. The Morgan fingerprint density at radius 2 is 1.70 bits per heavy atom. The monoisotopic (exact) mass is 523 g/mol. The van der Waals surface area contributed by atoms with E-state index in [0.29, 0.717) is 17.0 Å². The molecule has 0 amide bonds. The second-order valence-corrected chi connectivity index (χ2v) is 7.81. The zero-order valence-electron chi connectivity index (χ0n) is 23.8. The third kappa shape index (κ3) is 9.46. The lowest BCUT2D eigenvalue weighted by atomic mass is 10.1. The van der Waals surface area contributed by atoms with Crippen LogP contribution < -0.4 is 5.32 Å². The lowest BCUT2D eigenvalue weighted by molar-refractivity contribution is -0.0511. The molecule has 37 heavy (non-hydrogen) atoms. The molecule has 1 saturated heterocycles. The summed E-state index contributed by atoms with van der Waals surface area (Å²) in [7, 11) is 1.71. The molecule has 4 rings (SSSR count). The van der Waals surface area contributed by atoms with E-state index in [-0.39, 0.29) is 18.8 Å². The highest BCUT2D eigenvalue weighted by molar-refractivity contribution is 5.82. The van der Waals surface area contributed by atoms with E-state index >= 15 is 0 Å². The molecular weight excluding hydrogens is 474 g/mol. The first-order chi connectivity index (χ1) is 18.0. The number of fused-ring (bicyclic) bond motifs is 1. The average Bonchev–Trinajstić information content (AvgIpc) is 3.65. The molecular formula is C27H49N5O5. The molecule has 2 fully saturated rings. The molecule has 3 heterocycles. The van der Waals surface area contributed by atoms with E-state index in [2.05, 4.69) is 26.8 Å². The van der Waals surface area contributed by atoms with Crippen LogP contribution in [0.3, 0.4) is 0 Å². The normalized spacial score (nSPS) is 26.0. The predicted molar refractivity (Wildman–Crippen MR) is 149 cm³/mol. The molecule has 10 heteroatoms. The van der Waals surface area contributed by atoms with Gasteiger partial charge in [0.05, 0.1) is 25.1 Å². The highest BCUT2D eigenvalue weighted by Gasteiger charge is 2.44. The third-order valence-electron chi connectivity index (χ3n) is 5.56. The maximum atomic E-state index is 10.2. The Bertz CT molecular complexity index is 887. The summed E-state index contributed by atoms with van der Waals surface area (Å²) in [5.74, 6) is 0.592. The van der Waals surface area contributed by atoms with Gasteiger partial charge in [0.1, 0.15) is 24.6 Å². The van der Waals surface area contributed by atoms with Gasteiger partial charge in [-0.25, -0.2) is 15.0 Å². The van der Waals surface area contributed by atoms with Crippen molar-refractivity contribution < 1.29 is 24.8 Å². The van der Waals surface area contributed by atoms with Gasteiger partial charge in [-0.15, -0.1) is 6.58 Å². The lowest BCUT2D eigenvalue weighted by Gasteiger charge is -2.20. The lowest BCUT2D eigenvalue weighted by Crippen LogP contribution is -2.33. The molecule has 6 atom stereocenters. The van der Waals surface area contributed by atoms with Gasteiger partial charge in [0.25, 0.3) is 0 Å². The van der Waals surface area contributed by atoms with Crippen molar-refractivity contribution >= 4 is 17.0 Å². The largest absolute Gasteiger partial charge is 0.394 e. The van der Waals surface area contributed by atoms with Crippen molar-refractivity contribution in [2.24, 2.45) is 0 Å². The molecule has 4 N–H and O–H groups in total. The fourth-order valence-corrected chi connectivity index (χ4v) is 3.80. The Balaban J connectivity index is 0.00000102. The number of allylic oxidation sites excluding steroid dienone is 3. The maximum absolute atomic E-state index is 10.2. The molecule has 0 aromatic carbocycles. The number of hydrogen-bond donors (Lipinski definition) is 4. The van der Waals surface area contributed by atoms with Gasteiger partial charge in [0.15, 0.2) is 23.2 Å². The van der Waals surface area contributed by atoms with Gasteiger partial charge in [-0.2, -0.15) is 0 Å². The number of anilines is 1. The number of hydrogen-bond acceptors (Lipinski definition) is 9. The highest BCUT2D eigenvalue weighted by atomic mass is 16.6. The topological polar surface area (TPSA) is 135 Å². The van der Waals surface area contributed by atoms with Crippen molar-refractivity contribution in [1.82, 2.24) is 19.5 Å². The first kappa shape index (κ1) is 34.6. The molecule has 0 radical (unpaired) electrons. The van der Waals surface area contributed by atoms with Gasteiger partial charge in [-0.1, -0.05) is 45.9 Å². The first-order valence-electron chi connectivity index (χ1n) is 13.2. The van der Waals surface area contributed by atoms with Crippen LogP contribution in [0.15, 0.2) is 37.5 Å². The molecule has 2 aliphatic rings. The number of nitrogens with zero attached hydrogens (tertiary/aromatic N) is 4. The second-order valence-electron chi connectivity index (χ2n) is 7.81. The van der Waals surface area contributed by atoms with Crippen molar-refractivity contribution in [2.45, 2.75) is 104 Å². The quantitative estimate of drug-likeness (QED) is 0.424. The van der Waals surface area contributed by atoms with E-state index in [1.54, 1.807) is 17.8 Å². The van der Waals surface area contributed by atoms with Crippen LogP contribution in [-0.4, -0.2) is 79.0 Å². The van der Waals surface area contributed by atoms with Gasteiger partial charge in [0, 0.05) is 7.11 Å². The standard InChI is InChI=1S/C16H23N5O5.C4H8.C3H6.2C2H6/c1-25-9-4-2-3-8(9)20-14-11-15(18-6-17-14)21(7-19-11)16-13(24)12(23)10(5-22)26-16;1-3-4-2;1-3-2;2*1-2/h6-10,12-13,16,22-24H,2-5H2,1H3,(H,17,18,20);3-4H,1-2H3;3H,1H2,2H3;2*1-2H3/b;4-3+;;;/t8-,9-,10-,12-,13-,16-;;;;/m1..../s1. The smallest absolute Gasteiger partial charge is 0.167 e. The second kappa shape index (κ2) is 19.7. The Hall–Kier alpha value is -2.37. The van der Waals surface area contributed by atoms with Crippen LogP contribution in [0.2, 0.25) is 0 Å². The molecule has 0 unspecified atom stereocenters. The minimum absolute atomic E-state index is 0.127. The number of aromatic nitrogens is 4. The van der Waals surface area contributed by atoms with Crippen LogP contribution in [0.25, 0.3) is 11.2 Å². The zero-order chi connectivity index (χ0) is 28.4. The maximum Gasteiger partial charge on any atom is 0.167 e. The summed E-state index contributed by atoms with van der Waals surface area (Å²) in [5, 5.41) is 32.9. The summed E-state index contributed by atoms with van der Waals surface area (Å²) in [6, 6.07) is 0.150. The summed E-state index contributed by atoms with van der Waals surface area (Å²) in [4.78, 5) is 12.9. The number of methoxy groups -OCH3 is 1. The highest BCUT2D eigenvalue weighted by Crippen LogP contribution is 2.33. The van der Waals surface area contributed by atoms with Crippen molar-refractivity contribution in [3.05, 3.63) is 37.5 Å². The van der Waals surface area contributed by atoms with Crippen molar-refractivity contribution in [3.63, 3.8) is 0 Å². The molecule has 1 saturated carbocycles.